The highest BCUT2D eigenvalue weighted by molar-refractivity contribution is 6.02. The van der Waals surface area contributed by atoms with Gasteiger partial charge in [-0.15, -0.1) is 0 Å². The van der Waals surface area contributed by atoms with Crippen molar-refractivity contribution in [2.24, 2.45) is 0 Å². The summed E-state index contributed by atoms with van der Waals surface area (Å²) in [5.74, 6) is 0.510. The van der Waals surface area contributed by atoms with Crippen LogP contribution in [0.5, 0.6) is 11.5 Å². The minimum Gasteiger partial charge on any atom is -0.497 e. The zero-order valence-electron chi connectivity index (χ0n) is 13.8. The van der Waals surface area contributed by atoms with Gasteiger partial charge in [0, 0.05) is 12.5 Å². The zero-order chi connectivity index (χ0) is 16.8. The molecule has 1 unspecified atom stereocenters. The van der Waals surface area contributed by atoms with Crippen LogP contribution in [0.2, 0.25) is 0 Å². The quantitative estimate of drug-likeness (QED) is 0.619. The lowest BCUT2D eigenvalue weighted by Gasteiger charge is -2.17. The number of ketones is 1. The van der Waals surface area contributed by atoms with Crippen molar-refractivity contribution in [3.63, 3.8) is 0 Å². The van der Waals surface area contributed by atoms with Gasteiger partial charge in [-0.1, -0.05) is 12.2 Å². The third-order valence-electron chi connectivity index (χ3n) is 3.77. The predicted octanol–water partition coefficient (Wildman–Crippen LogP) is 3.10. The fourth-order valence-electron chi connectivity index (χ4n) is 2.60. The Morgan fingerprint density at radius 1 is 1.13 bits per heavy atom. The fourth-order valence-corrected chi connectivity index (χ4v) is 2.60. The molecule has 5 nitrogen and oxygen atoms in total. The molecule has 1 aliphatic heterocycles. The van der Waals surface area contributed by atoms with Crippen LogP contribution in [0.3, 0.4) is 0 Å². The molecule has 1 atom stereocenters. The van der Waals surface area contributed by atoms with E-state index in [9.17, 15) is 9.59 Å². The molecule has 0 saturated heterocycles. The van der Waals surface area contributed by atoms with Gasteiger partial charge >= 0.3 is 5.97 Å². The van der Waals surface area contributed by atoms with Gasteiger partial charge < -0.3 is 14.2 Å². The van der Waals surface area contributed by atoms with Gasteiger partial charge in [-0.05, 0) is 31.4 Å². The first-order valence-corrected chi connectivity index (χ1v) is 7.67. The van der Waals surface area contributed by atoms with Crippen LogP contribution >= 0.6 is 0 Å². The lowest BCUT2D eigenvalue weighted by atomic mass is 9.97. The summed E-state index contributed by atoms with van der Waals surface area (Å²) >= 11 is 0. The molecule has 5 heteroatoms. The van der Waals surface area contributed by atoms with Crippen molar-refractivity contribution in [1.82, 2.24) is 0 Å². The number of Topliss-reactive ketones (excluding diaryl/α,β-unsaturated/α-hetero) is 1. The smallest absolute Gasteiger partial charge is 0.310 e. The normalized spacial score (nSPS) is 20.6. The van der Waals surface area contributed by atoms with Crippen LogP contribution in [0.25, 0.3) is 0 Å². The largest absolute Gasteiger partial charge is 0.497 e. The number of cyclic esters (lactones) is 1. The first-order chi connectivity index (χ1) is 11.0. The summed E-state index contributed by atoms with van der Waals surface area (Å²) in [6, 6.07) is 3.34. The summed E-state index contributed by atoms with van der Waals surface area (Å²) in [7, 11) is 3.02. The molecule has 0 aliphatic carbocycles. The van der Waals surface area contributed by atoms with E-state index >= 15 is 0 Å². The number of esters is 1. The molecular formula is C18H22O5. The third kappa shape index (κ3) is 4.34. The number of methoxy groups -OCH3 is 2. The predicted molar refractivity (Wildman–Crippen MR) is 86.1 cm³/mol. The highest BCUT2D eigenvalue weighted by Crippen LogP contribution is 2.31. The van der Waals surface area contributed by atoms with Gasteiger partial charge in [0.05, 0.1) is 32.3 Å². The Bertz CT molecular complexity index is 618. The summed E-state index contributed by atoms with van der Waals surface area (Å²) in [5.41, 5.74) is 0.987. The zero-order valence-corrected chi connectivity index (χ0v) is 13.8. The van der Waals surface area contributed by atoms with Crippen molar-refractivity contribution in [1.29, 1.82) is 0 Å². The topological polar surface area (TPSA) is 61.8 Å². The molecule has 0 fully saturated rings. The standard InChI is InChI=1S/C18H22O5/c1-12-7-5-4-6-8-15(19)18-13(10-17(20)23-12)9-14(21-2)11-16(18)22-3/h4,6,9,11-12H,5,7-8,10H2,1-3H3/b6-4+. The molecule has 2 rings (SSSR count). The van der Waals surface area contributed by atoms with Crippen molar-refractivity contribution in [3.05, 3.63) is 35.4 Å². The second-order valence-corrected chi connectivity index (χ2v) is 5.52. The molecule has 0 spiro atoms. The monoisotopic (exact) mass is 318 g/mol. The van der Waals surface area contributed by atoms with Gasteiger partial charge in [0.1, 0.15) is 11.5 Å². The summed E-state index contributed by atoms with van der Waals surface area (Å²) < 4.78 is 16.0. The molecule has 0 radical (unpaired) electrons. The molecule has 1 aromatic carbocycles. The van der Waals surface area contributed by atoms with E-state index in [0.29, 0.717) is 22.6 Å². The van der Waals surface area contributed by atoms with Crippen molar-refractivity contribution < 1.29 is 23.8 Å². The number of carbonyl (C=O) groups is 2. The molecular weight excluding hydrogens is 296 g/mol. The van der Waals surface area contributed by atoms with Crippen LogP contribution in [0.1, 0.15) is 42.1 Å². The van der Waals surface area contributed by atoms with E-state index in [1.165, 1.54) is 14.2 Å². The summed E-state index contributed by atoms with van der Waals surface area (Å²) in [4.78, 5) is 24.7. The number of rotatable bonds is 2. The molecule has 124 valence electrons. The van der Waals surface area contributed by atoms with E-state index in [1.54, 1.807) is 12.1 Å². The number of ether oxygens (including phenoxy) is 3. The Balaban J connectivity index is 2.48. The molecule has 1 aromatic rings. The highest BCUT2D eigenvalue weighted by Gasteiger charge is 2.22. The van der Waals surface area contributed by atoms with Crippen molar-refractivity contribution in [2.45, 2.75) is 38.7 Å². The van der Waals surface area contributed by atoms with E-state index in [1.807, 2.05) is 19.1 Å². The van der Waals surface area contributed by atoms with Crippen molar-refractivity contribution in [2.75, 3.05) is 14.2 Å². The second kappa shape index (κ2) is 7.81. The van der Waals surface area contributed by atoms with Crippen LogP contribution < -0.4 is 9.47 Å². The van der Waals surface area contributed by atoms with Crippen LogP contribution in [0.4, 0.5) is 0 Å². The van der Waals surface area contributed by atoms with E-state index in [0.717, 1.165) is 12.8 Å². The molecule has 1 aliphatic rings. The Labute approximate surface area is 136 Å². The minimum absolute atomic E-state index is 0.0166. The van der Waals surface area contributed by atoms with Crippen LogP contribution in [-0.2, 0) is 16.0 Å². The summed E-state index contributed by atoms with van der Waals surface area (Å²) in [5, 5.41) is 0. The van der Waals surface area contributed by atoms with E-state index in [4.69, 9.17) is 14.2 Å². The Kier molecular flexibility index (Phi) is 5.79. The van der Waals surface area contributed by atoms with Gasteiger partial charge in [-0.2, -0.15) is 0 Å². The number of allylic oxidation sites excluding steroid dienone is 2. The maximum atomic E-state index is 12.5. The highest BCUT2D eigenvalue weighted by atomic mass is 16.5. The van der Waals surface area contributed by atoms with E-state index in [-0.39, 0.29) is 30.7 Å². The minimum atomic E-state index is -0.355. The molecule has 0 saturated carbocycles. The molecule has 1 heterocycles. The SMILES string of the molecule is COc1cc2c(c(OC)c1)C(=O)C/C=C/CCC(C)OC(=O)C2. The van der Waals surface area contributed by atoms with Crippen molar-refractivity contribution >= 4 is 11.8 Å². The van der Waals surface area contributed by atoms with Crippen LogP contribution in [0.15, 0.2) is 24.3 Å². The number of hydrogen-bond acceptors (Lipinski definition) is 5. The number of benzene rings is 1. The van der Waals surface area contributed by atoms with Crippen LogP contribution in [-0.4, -0.2) is 32.1 Å². The maximum absolute atomic E-state index is 12.5. The average Bonchev–Trinajstić information content (AvgIpc) is 2.52. The summed E-state index contributed by atoms with van der Waals surface area (Å²) in [6.07, 6.45) is 5.45. The lowest BCUT2D eigenvalue weighted by molar-refractivity contribution is -0.147. The number of carbonyl (C=O) groups excluding carboxylic acids is 2. The number of hydrogen-bond donors (Lipinski definition) is 0. The Hall–Kier alpha value is -2.30. The van der Waals surface area contributed by atoms with Gasteiger partial charge in [0.15, 0.2) is 5.78 Å². The van der Waals surface area contributed by atoms with Crippen molar-refractivity contribution in [3.8, 4) is 11.5 Å². The molecule has 23 heavy (non-hydrogen) atoms. The third-order valence-corrected chi connectivity index (χ3v) is 3.77. The first-order valence-electron chi connectivity index (χ1n) is 7.67. The molecule has 0 N–H and O–H groups in total. The van der Waals surface area contributed by atoms with Gasteiger partial charge in [0.25, 0.3) is 0 Å². The average molecular weight is 318 g/mol. The van der Waals surface area contributed by atoms with E-state index in [2.05, 4.69) is 0 Å². The lowest BCUT2D eigenvalue weighted by Crippen LogP contribution is -2.18. The first kappa shape index (κ1) is 17.1. The molecule has 0 bridgehead atoms. The van der Waals surface area contributed by atoms with Gasteiger partial charge in [0.2, 0.25) is 0 Å². The molecule has 0 amide bonds. The Morgan fingerprint density at radius 3 is 2.61 bits per heavy atom. The fraction of sp³-hybridized carbons (Fsp3) is 0.444. The van der Waals surface area contributed by atoms with Crippen LogP contribution in [0, 0.1) is 0 Å². The van der Waals surface area contributed by atoms with Gasteiger partial charge in [-0.3, -0.25) is 9.59 Å². The number of fused-ring (bicyclic) bond motifs is 1. The Morgan fingerprint density at radius 2 is 1.91 bits per heavy atom. The van der Waals surface area contributed by atoms with E-state index < -0.39 is 0 Å². The second-order valence-electron chi connectivity index (χ2n) is 5.52. The maximum Gasteiger partial charge on any atom is 0.310 e. The summed E-state index contributed by atoms with van der Waals surface area (Å²) in [6.45, 7) is 1.87. The van der Waals surface area contributed by atoms with Gasteiger partial charge in [-0.25, -0.2) is 0 Å². The molecule has 0 aromatic heterocycles.